The lowest BCUT2D eigenvalue weighted by Gasteiger charge is -2.13. The van der Waals surface area contributed by atoms with Crippen molar-refractivity contribution in [3.8, 4) is 5.75 Å². The predicted octanol–water partition coefficient (Wildman–Crippen LogP) is 2.90. The summed E-state index contributed by atoms with van der Waals surface area (Å²) in [5.74, 6) is 0.511. The summed E-state index contributed by atoms with van der Waals surface area (Å²) < 4.78 is 6.83. The molecule has 0 aliphatic carbocycles. The summed E-state index contributed by atoms with van der Waals surface area (Å²) in [4.78, 5) is 25.4. The number of benzene rings is 1. The molecule has 0 saturated heterocycles. The lowest BCUT2D eigenvalue weighted by molar-refractivity contribution is -0.128. The van der Waals surface area contributed by atoms with Crippen molar-refractivity contribution >= 4 is 33.2 Å². The zero-order chi connectivity index (χ0) is 17.0. The first-order valence-corrected chi connectivity index (χ1v) is 8.42. The van der Waals surface area contributed by atoms with Crippen LogP contribution in [0.3, 0.4) is 0 Å². The minimum atomic E-state index is -0.194. The standard InChI is InChI=1S/C17H22N2O3S/c1-11(2)22-14-9-12(10-15-13(14)6-8-23-15)17(21)18-7-5-16(20)19(3)4/h6,8-11H,5,7H2,1-4H3,(H,18,21). The van der Waals surface area contributed by atoms with Crippen LogP contribution in [-0.4, -0.2) is 43.5 Å². The van der Waals surface area contributed by atoms with Crippen molar-refractivity contribution in [2.75, 3.05) is 20.6 Å². The van der Waals surface area contributed by atoms with Crippen LogP contribution in [0, 0.1) is 0 Å². The molecule has 2 aromatic rings. The quantitative estimate of drug-likeness (QED) is 0.884. The van der Waals surface area contributed by atoms with Crippen molar-refractivity contribution in [3.05, 3.63) is 29.1 Å². The number of nitrogens with one attached hydrogen (secondary N) is 1. The van der Waals surface area contributed by atoms with Gasteiger partial charge in [-0.1, -0.05) is 0 Å². The molecule has 23 heavy (non-hydrogen) atoms. The molecule has 6 heteroatoms. The molecule has 0 spiro atoms. The number of carbonyl (C=O) groups excluding carboxylic acids is 2. The lowest BCUT2D eigenvalue weighted by Crippen LogP contribution is -2.30. The van der Waals surface area contributed by atoms with E-state index in [9.17, 15) is 9.59 Å². The van der Waals surface area contributed by atoms with Gasteiger partial charge in [0.25, 0.3) is 5.91 Å². The van der Waals surface area contributed by atoms with Gasteiger partial charge in [-0.3, -0.25) is 9.59 Å². The Labute approximate surface area is 140 Å². The molecule has 0 bridgehead atoms. The molecule has 0 unspecified atom stereocenters. The molecule has 0 fully saturated rings. The largest absolute Gasteiger partial charge is 0.490 e. The molecule has 2 rings (SSSR count). The van der Waals surface area contributed by atoms with Gasteiger partial charge < -0.3 is 15.0 Å². The van der Waals surface area contributed by atoms with Crippen molar-refractivity contribution in [1.29, 1.82) is 0 Å². The summed E-state index contributed by atoms with van der Waals surface area (Å²) in [6, 6.07) is 5.61. The van der Waals surface area contributed by atoms with Gasteiger partial charge in [0.15, 0.2) is 0 Å². The molecular weight excluding hydrogens is 312 g/mol. The minimum absolute atomic E-state index is 0.0113. The second kappa shape index (κ2) is 7.46. The van der Waals surface area contributed by atoms with Crippen LogP contribution in [0.4, 0.5) is 0 Å². The van der Waals surface area contributed by atoms with Crippen molar-refractivity contribution in [1.82, 2.24) is 10.2 Å². The van der Waals surface area contributed by atoms with Gasteiger partial charge >= 0.3 is 0 Å². The Balaban J connectivity index is 2.12. The second-order valence-electron chi connectivity index (χ2n) is 5.77. The normalized spacial score (nSPS) is 10.8. The number of fused-ring (bicyclic) bond motifs is 1. The van der Waals surface area contributed by atoms with Crippen molar-refractivity contribution in [2.24, 2.45) is 0 Å². The Morgan fingerprint density at radius 3 is 2.70 bits per heavy atom. The molecule has 0 aliphatic rings. The number of ether oxygens (including phenoxy) is 1. The molecule has 124 valence electrons. The van der Waals surface area contributed by atoms with E-state index in [4.69, 9.17) is 4.74 Å². The molecule has 0 radical (unpaired) electrons. The first kappa shape index (κ1) is 17.3. The number of amides is 2. The fourth-order valence-corrected chi connectivity index (χ4v) is 2.97. The molecule has 0 atom stereocenters. The van der Waals surface area contributed by atoms with Crippen LogP contribution in [0.5, 0.6) is 5.75 Å². The highest BCUT2D eigenvalue weighted by Gasteiger charge is 2.13. The van der Waals surface area contributed by atoms with Gasteiger partial charge in [0.2, 0.25) is 5.91 Å². The molecular formula is C17H22N2O3S. The second-order valence-corrected chi connectivity index (χ2v) is 6.72. The zero-order valence-electron chi connectivity index (χ0n) is 13.9. The van der Waals surface area contributed by atoms with E-state index in [1.54, 1.807) is 31.5 Å². The summed E-state index contributed by atoms with van der Waals surface area (Å²) in [5.41, 5.74) is 0.549. The van der Waals surface area contributed by atoms with E-state index in [1.807, 2.05) is 31.4 Å². The number of thiophene rings is 1. The highest BCUT2D eigenvalue weighted by Crippen LogP contribution is 2.32. The van der Waals surface area contributed by atoms with E-state index in [0.717, 1.165) is 10.1 Å². The van der Waals surface area contributed by atoms with E-state index in [2.05, 4.69) is 5.32 Å². The zero-order valence-corrected chi connectivity index (χ0v) is 14.7. The molecule has 1 aromatic heterocycles. The Kier molecular flexibility index (Phi) is 5.60. The van der Waals surface area contributed by atoms with Crippen molar-refractivity contribution < 1.29 is 14.3 Å². The van der Waals surface area contributed by atoms with Crippen LogP contribution in [0.25, 0.3) is 10.1 Å². The van der Waals surface area contributed by atoms with Crippen molar-refractivity contribution in [3.63, 3.8) is 0 Å². The first-order chi connectivity index (χ1) is 10.9. The third-order valence-electron chi connectivity index (χ3n) is 3.28. The topological polar surface area (TPSA) is 58.6 Å². The monoisotopic (exact) mass is 334 g/mol. The van der Waals surface area contributed by atoms with Gasteiger partial charge in [-0.2, -0.15) is 0 Å². The van der Waals surface area contributed by atoms with Gasteiger partial charge in [0, 0.05) is 42.7 Å². The SMILES string of the molecule is CC(C)Oc1cc(C(=O)NCCC(=O)N(C)C)cc2sccc12. The molecule has 0 saturated carbocycles. The van der Waals surface area contributed by atoms with E-state index in [0.29, 0.717) is 17.9 Å². The van der Waals surface area contributed by atoms with Gasteiger partial charge in [-0.25, -0.2) is 0 Å². The first-order valence-electron chi connectivity index (χ1n) is 7.54. The van der Waals surface area contributed by atoms with Crippen LogP contribution < -0.4 is 10.1 Å². The third-order valence-corrected chi connectivity index (χ3v) is 4.15. The fraction of sp³-hybridized carbons (Fsp3) is 0.412. The summed E-state index contributed by atoms with van der Waals surface area (Å²) in [7, 11) is 3.40. The van der Waals surface area contributed by atoms with Gasteiger partial charge in [-0.05, 0) is 37.4 Å². The molecule has 5 nitrogen and oxygen atoms in total. The molecule has 0 aliphatic heterocycles. The number of nitrogens with zero attached hydrogens (tertiary/aromatic N) is 1. The lowest BCUT2D eigenvalue weighted by atomic mass is 10.1. The van der Waals surface area contributed by atoms with Crippen LogP contribution in [0.15, 0.2) is 23.6 Å². The highest BCUT2D eigenvalue weighted by molar-refractivity contribution is 7.17. The maximum absolute atomic E-state index is 12.3. The smallest absolute Gasteiger partial charge is 0.251 e. The average Bonchev–Trinajstić information content (AvgIpc) is 2.94. The Morgan fingerprint density at radius 2 is 2.04 bits per heavy atom. The maximum Gasteiger partial charge on any atom is 0.251 e. The number of rotatable bonds is 6. The third kappa shape index (κ3) is 4.45. The van der Waals surface area contributed by atoms with E-state index in [-0.39, 0.29) is 24.3 Å². The highest BCUT2D eigenvalue weighted by atomic mass is 32.1. The average molecular weight is 334 g/mol. The van der Waals surface area contributed by atoms with E-state index in [1.165, 1.54) is 4.90 Å². The van der Waals surface area contributed by atoms with Crippen LogP contribution in [-0.2, 0) is 4.79 Å². The minimum Gasteiger partial charge on any atom is -0.490 e. The van der Waals surface area contributed by atoms with Gasteiger partial charge in [0.05, 0.1) is 6.10 Å². The van der Waals surface area contributed by atoms with Gasteiger partial charge in [-0.15, -0.1) is 11.3 Å². The Morgan fingerprint density at radius 1 is 1.30 bits per heavy atom. The van der Waals surface area contributed by atoms with Crippen LogP contribution in [0.2, 0.25) is 0 Å². The van der Waals surface area contributed by atoms with Gasteiger partial charge in [0.1, 0.15) is 5.75 Å². The number of hydrogen-bond acceptors (Lipinski definition) is 4. The maximum atomic E-state index is 12.3. The van der Waals surface area contributed by atoms with Crippen LogP contribution in [0.1, 0.15) is 30.6 Å². The molecule has 1 N–H and O–H groups in total. The number of carbonyl (C=O) groups is 2. The fourth-order valence-electron chi connectivity index (χ4n) is 2.13. The predicted molar refractivity (Wildman–Crippen MR) is 93.2 cm³/mol. The summed E-state index contributed by atoms with van der Waals surface area (Å²) in [5, 5.41) is 5.78. The van der Waals surface area contributed by atoms with Crippen molar-refractivity contribution in [2.45, 2.75) is 26.4 Å². The summed E-state index contributed by atoms with van der Waals surface area (Å²) in [6.45, 7) is 4.23. The Bertz CT molecular complexity index is 707. The molecule has 1 aromatic carbocycles. The molecule has 1 heterocycles. The number of hydrogen-bond donors (Lipinski definition) is 1. The summed E-state index contributed by atoms with van der Waals surface area (Å²) >= 11 is 1.57. The Hall–Kier alpha value is -2.08. The molecule has 2 amide bonds. The summed E-state index contributed by atoms with van der Waals surface area (Å²) in [6.07, 6.45) is 0.323. The van der Waals surface area contributed by atoms with E-state index >= 15 is 0 Å². The van der Waals surface area contributed by atoms with Crippen LogP contribution >= 0.6 is 11.3 Å². The van der Waals surface area contributed by atoms with E-state index < -0.39 is 0 Å².